The van der Waals surface area contributed by atoms with Crippen LogP contribution in [0.3, 0.4) is 0 Å². The first-order chi connectivity index (χ1) is 10.8. The van der Waals surface area contributed by atoms with Gasteiger partial charge in [-0.3, -0.25) is 0 Å². The van der Waals surface area contributed by atoms with E-state index in [1.807, 2.05) is 5.48 Å². The molecule has 0 rings (SSSR count). The lowest BCUT2D eigenvalue weighted by Crippen LogP contribution is -2.04. The predicted octanol–water partition coefficient (Wildman–Crippen LogP) is 6.97. The van der Waals surface area contributed by atoms with Gasteiger partial charge >= 0.3 is 0 Å². The Morgan fingerprint density at radius 1 is 0.545 bits per heavy atom. The number of hydrogen-bond donors (Lipinski definition) is 1. The van der Waals surface area contributed by atoms with Gasteiger partial charge in [0, 0.05) is 0 Å². The molecule has 134 valence electrons. The number of rotatable bonds is 18. The first-order valence-electron chi connectivity index (χ1n) is 10.1. The Balaban J connectivity index is 2.94. The van der Waals surface area contributed by atoms with Crippen LogP contribution in [0, 0.1) is 11.1 Å². The molecule has 0 saturated heterocycles. The lowest BCUT2D eigenvalue weighted by Gasteiger charge is -2.06. The fourth-order valence-corrected chi connectivity index (χ4v) is 3.05. The molecule has 0 aromatic carbocycles. The number of hydrogen-bond acceptors (Lipinski definition) is 2. The van der Waals surface area contributed by atoms with Gasteiger partial charge in [0.15, 0.2) is 0 Å². The summed E-state index contributed by atoms with van der Waals surface area (Å²) in [5, 5.41) is 10.1. The topological polar surface area (TPSA) is 35.1 Å². The van der Waals surface area contributed by atoms with Crippen molar-refractivity contribution in [1.82, 2.24) is 5.48 Å². The Labute approximate surface area is 140 Å². The van der Waals surface area contributed by atoms with Crippen LogP contribution in [-0.2, 0) is 0 Å². The standard InChI is InChI=1S/C20H42NO/c1-20(2)18-16-14-12-10-8-6-4-3-5-7-9-11-13-15-17-19-21-22/h20-21H,3-19H2,1-2H3/q-1. The Morgan fingerprint density at radius 3 is 1.18 bits per heavy atom. The van der Waals surface area contributed by atoms with Crippen molar-refractivity contribution >= 4 is 0 Å². The zero-order valence-electron chi connectivity index (χ0n) is 15.5. The smallest absolute Gasteiger partial charge is 0.0170 e. The van der Waals surface area contributed by atoms with Crippen molar-refractivity contribution in [3.8, 4) is 0 Å². The maximum Gasteiger partial charge on any atom is -0.0170 e. The van der Waals surface area contributed by atoms with Crippen LogP contribution in [0.15, 0.2) is 0 Å². The molecule has 0 bridgehead atoms. The molecule has 0 unspecified atom stereocenters. The van der Waals surface area contributed by atoms with Gasteiger partial charge in [-0.25, -0.2) is 0 Å². The van der Waals surface area contributed by atoms with Crippen molar-refractivity contribution in [2.45, 2.75) is 117 Å². The van der Waals surface area contributed by atoms with Gasteiger partial charge in [-0.1, -0.05) is 110 Å². The molecule has 0 amide bonds. The molecule has 0 saturated carbocycles. The molecule has 2 nitrogen and oxygen atoms in total. The summed E-state index contributed by atoms with van der Waals surface area (Å²) in [5.41, 5.74) is 1.97. The van der Waals surface area contributed by atoms with E-state index < -0.39 is 0 Å². The highest BCUT2D eigenvalue weighted by Gasteiger charge is 1.96. The molecule has 0 aromatic rings. The highest BCUT2D eigenvalue weighted by molar-refractivity contribution is 4.52. The van der Waals surface area contributed by atoms with E-state index in [2.05, 4.69) is 13.8 Å². The summed E-state index contributed by atoms with van der Waals surface area (Å²) in [5.74, 6) is 0.884. The van der Waals surface area contributed by atoms with Gasteiger partial charge in [-0.2, -0.15) is 0 Å². The number of nitrogens with one attached hydrogen (secondary N) is 1. The SMILES string of the molecule is CC(C)CCCCCCCCCCCCCCCCCN[O-]. The zero-order valence-corrected chi connectivity index (χ0v) is 15.5. The maximum absolute atomic E-state index is 10.1. The molecular weight excluding hydrogens is 270 g/mol. The van der Waals surface area contributed by atoms with Gasteiger partial charge in [0.2, 0.25) is 0 Å². The van der Waals surface area contributed by atoms with Crippen LogP contribution in [0.1, 0.15) is 117 Å². The zero-order chi connectivity index (χ0) is 16.3. The summed E-state index contributed by atoms with van der Waals surface area (Å²) in [7, 11) is 0. The molecule has 22 heavy (non-hydrogen) atoms. The van der Waals surface area contributed by atoms with Gasteiger partial charge in [0.05, 0.1) is 0 Å². The Bertz CT molecular complexity index is 194. The lowest BCUT2D eigenvalue weighted by molar-refractivity contribution is 0.502. The van der Waals surface area contributed by atoms with Crippen molar-refractivity contribution in [3.05, 3.63) is 5.21 Å². The molecule has 0 radical (unpaired) electrons. The monoisotopic (exact) mass is 312 g/mol. The molecule has 0 aliphatic rings. The average molecular weight is 313 g/mol. The van der Waals surface area contributed by atoms with Gasteiger partial charge in [-0.15, -0.1) is 0 Å². The summed E-state index contributed by atoms with van der Waals surface area (Å²) in [6.07, 6.45) is 22.1. The Hall–Kier alpha value is -0.0800. The van der Waals surface area contributed by atoms with Crippen molar-refractivity contribution in [3.63, 3.8) is 0 Å². The number of unbranched alkanes of at least 4 members (excludes halogenated alkanes) is 14. The second-order valence-corrected chi connectivity index (χ2v) is 7.38. The van der Waals surface area contributed by atoms with E-state index in [9.17, 15) is 5.21 Å². The first kappa shape index (κ1) is 21.9. The Morgan fingerprint density at radius 2 is 0.864 bits per heavy atom. The quantitative estimate of drug-likeness (QED) is 0.219. The van der Waals surface area contributed by atoms with Crippen LogP contribution in [0.2, 0.25) is 0 Å². The fourth-order valence-electron chi connectivity index (χ4n) is 3.05. The second-order valence-electron chi connectivity index (χ2n) is 7.38. The van der Waals surface area contributed by atoms with Crippen LogP contribution in [0.4, 0.5) is 0 Å². The third kappa shape index (κ3) is 19.9. The minimum absolute atomic E-state index is 0.637. The molecule has 0 atom stereocenters. The molecule has 0 aliphatic carbocycles. The first-order valence-corrected chi connectivity index (χ1v) is 10.1. The summed E-state index contributed by atoms with van der Waals surface area (Å²) in [4.78, 5) is 0. The van der Waals surface area contributed by atoms with Crippen LogP contribution in [0.25, 0.3) is 0 Å². The Kier molecular flexibility index (Phi) is 18.9. The van der Waals surface area contributed by atoms with Crippen molar-refractivity contribution in [2.75, 3.05) is 6.54 Å². The van der Waals surface area contributed by atoms with Crippen molar-refractivity contribution < 1.29 is 0 Å². The second kappa shape index (κ2) is 19.0. The maximum atomic E-state index is 10.1. The van der Waals surface area contributed by atoms with Crippen molar-refractivity contribution in [2.24, 2.45) is 5.92 Å². The van der Waals surface area contributed by atoms with E-state index in [0.717, 1.165) is 12.3 Å². The van der Waals surface area contributed by atoms with E-state index in [1.54, 1.807) is 0 Å². The highest BCUT2D eigenvalue weighted by Crippen LogP contribution is 2.14. The third-order valence-corrected chi connectivity index (χ3v) is 4.56. The van der Waals surface area contributed by atoms with Crippen LogP contribution in [-0.4, -0.2) is 6.54 Å². The van der Waals surface area contributed by atoms with E-state index in [-0.39, 0.29) is 0 Å². The third-order valence-electron chi connectivity index (χ3n) is 4.56. The summed E-state index contributed by atoms with van der Waals surface area (Å²) >= 11 is 0. The van der Waals surface area contributed by atoms with Crippen molar-refractivity contribution in [1.29, 1.82) is 0 Å². The molecular formula is C20H42NO-. The normalized spacial score (nSPS) is 11.5. The lowest BCUT2D eigenvalue weighted by atomic mass is 10.0. The summed E-state index contributed by atoms with van der Waals surface area (Å²) in [6.45, 7) is 5.29. The minimum Gasteiger partial charge on any atom is -0.788 e. The average Bonchev–Trinajstić information content (AvgIpc) is 2.50. The summed E-state index contributed by atoms with van der Waals surface area (Å²) in [6, 6.07) is 0. The molecule has 0 heterocycles. The molecule has 0 fully saturated rings. The van der Waals surface area contributed by atoms with E-state index >= 15 is 0 Å². The van der Waals surface area contributed by atoms with Gasteiger partial charge in [-0.05, 0) is 18.9 Å². The van der Waals surface area contributed by atoms with Crippen LogP contribution < -0.4 is 5.48 Å². The van der Waals surface area contributed by atoms with Crippen LogP contribution >= 0.6 is 0 Å². The molecule has 0 spiro atoms. The van der Waals surface area contributed by atoms with Gasteiger partial charge < -0.3 is 10.7 Å². The largest absolute Gasteiger partial charge is 0.788 e. The molecule has 1 N–H and O–H groups in total. The molecule has 2 heteroatoms. The van der Waals surface area contributed by atoms with Gasteiger partial charge in [0.25, 0.3) is 0 Å². The van der Waals surface area contributed by atoms with E-state index in [0.29, 0.717) is 6.54 Å². The van der Waals surface area contributed by atoms with Crippen LogP contribution in [0.5, 0.6) is 0 Å². The van der Waals surface area contributed by atoms with E-state index in [4.69, 9.17) is 0 Å². The number of hydroxylamine groups is 1. The fraction of sp³-hybridized carbons (Fsp3) is 1.00. The van der Waals surface area contributed by atoms with Gasteiger partial charge in [0.1, 0.15) is 0 Å². The molecule has 0 aliphatic heterocycles. The highest BCUT2D eigenvalue weighted by atomic mass is 16.5. The van der Waals surface area contributed by atoms with E-state index in [1.165, 1.54) is 96.3 Å². The molecule has 0 aromatic heterocycles. The minimum atomic E-state index is 0.637. The summed E-state index contributed by atoms with van der Waals surface area (Å²) < 4.78 is 0. The predicted molar refractivity (Wildman–Crippen MR) is 100 cm³/mol.